The van der Waals surface area contributed by atoms with Crippen molar-refractivity contribution in [3.63, 3.8) is 0 Å². The molecule has 3 N–H and O–H groups in total. The third kappa shape index (κ3) is 3.26. The number of carbonyl (C=O) groups excluding carboxylic acids is 1. The van der Waals surface area contributed by atoms with Crippen molar-refractivity contribution >= 4 is 24.3 Å². The Hall–Kier alpha value is -0.810. The first-order chi connectivity index (χ1) is 4.09. The molecule has 0 aromatic heterocycles. The molecule has 0 heterocycles. The van der Waals surface area contributed by atoms with Crippen LogP contribution in [0.1, 0.15) is 0 Å². The summed E-state index contributed by atoms with van der Waals surface area (Å²) in [4.78, 5) is 20.1. The first kappa shape index (κ1) is 11.9. The molecule has 0 aliphatic heterocycles. The van der Waals surface area contributed by atoms with Crippen LogP contribution in [0.4, 0.5) is 0 Å². The fraction of sp³-hybridized carbons (Fsp3) is 0.500. The molecule has 60 valence electrons. The Balaban J connectivity index is 0. The highest BCUT2D eigenvalue weighted by molar-refractivity contribution is 5.97. The standard InChI is InChI=1S/C4H7NO4.ClH/c1-9-4(8)2(5)3(6)7;/h2H,5H2,1H3,(H,6,7);1H. The molecular weight excluding hydrogens is 162 g/mol. The molecule has 0 bridgehead atoms. The van der Waals surface area contributed by atoms with Crippen LogP contribution in [0.15, 0.2) is 0 Å². The molecule has 0 radical (unpaired) electrons. The Kier molecular flexibility index (Phi) is 5.98. The van der Waals surface area contributed by atoms with Gasteiger partial charge >= 0.3 is 11.9 Å². The predicted octanol–water partition coefficient (Wildman–Crippen LogP) is -1.01. The zero-order valence-electron chi connectivity index (χ0n) is 5.23. The zero-order valence-corrected chi connectivity index (χ0v) is 6.05. The fourth-order valence-electron chi connectivity index (χ4n) is 0.228. The summed E-state index contributed by atoms with van der Waals surface area (Å²) in [7, 11) is 1.07. The van der Waals surface area contributed by atoms with Crippen LogP contribution < -0.4 is 5.73 Å². The quantitative estimate of drug-likeness (QED) is 0.409. The third-order valence-electron chi connectivity index (χ3n) is 0.721. The van der Waals surface area contributed by atoms with Gasteiger partial charge in [0.05, 0.1) is 7.11 Å². The number of ether oxygens (including phenoxy) is 1. The highest BCUT2D eigenvalue weighted by Crippen LogP contribution is 1.81. The summed E-state index contributed by atoms with van der Waals surface area (Å²) in [5.74, 6) is -2.33. The van der Waals surface area contributed by atoms with Crippen LogP contribution in [-0.4, -0.2) is 30.2 Å². The molecule has 0 saturated heterocycles. The average molecular weight is 170 g/mol. The van der Waals surface area contributed by atoms with Gasteiger partial charge in [0.2, 0.25) is 6.04 Å². The number of rotatable bonds is 2. The molecule has 1 unspecified atom stereocenters. The van der Waals surface area contributed by atoms with E-state index in [9.17, 15) is 9.59 Å². The number of esters is 1. The highest BCUT2D eigenvalue weighted by atomic mass is 35.5. The number of carbonyl (C=O) groups is 2. The molecule has 0 aromatic rings. The van der Waals surface area contributed by atoms with Crippen molar-refractivity contribution in [2.75, 3.05) is 7.11 Å². The molecule has 0 amide bonds. The number of nitrogens with two attached hydrogens (primary N) is 1. The van der Waals surface area contributed by atoms with Gasteiger partial charge in [-0.05, 0) is 0 Å². The van der Waals surface area contributed by atoms with E-state index in [2.05, 4.69) is 4.74 Å². The number of hydrogen-bond acceptors (Lipinski definition) is 4. The van der Waals surface area contributed by atoms with Gasteiger partial charge in [-0.1, -0.05) is 0 Å². The van der Waals surface area contributed by atoms with E-state index in [1.54, 1.807) is 0 Å². The van der Waals surface area contributed by atoms with Crippen LogP contribution >= 0.6 is 12.4 Å². The summed E-state index contributed by atoms with van der Waals surface area (Å²) in [6.07, 6.45) is 0. The van der Waals surface area contributed by atoms with Crippen LogP contribution in [0.25, 0.3) is 0 Å². The fourth-order valence-corrected chi connectivity index (χ4v) is 0.228. The first-order valence-corrected chi connectivity index (χ1v) is 2.15. The van der Waals surface area contributed by atoms with Crippen molar-refractivity contribution < 1.29 is 19.4 Å². The van der Waals surface area contributed by atoms with Gasteiger partial charge in [0.25, 0.3) is 0 Å². The summed E-state index contributed by atoms with van der Waals surface area (Å²) in [6, 6.07) is -1.56. The molecule has 0 aromatic carbocycles. The predicted molar refractivity (Wildman–Crippen MR) is 34.9 cm³/mol. The van der Waals surface area contributed by atoms with Gasteiger partial charge in [-0.25, -0.2) is 9.59 Å². The van der Waals surface area contributed by atoms with Gasteiger partial charge < -0.3 is 15.6 Å². The summed E-state index contributed by atoms with van der Waals surface area (Å²) < 4.78 is 4.03. The van der Waals surface area contributed by atoms with E-state index in [1.807, 2.05) is 0 Å². The van der Waals surface area contributed by atoms with E-state index in [4.69, 9.17) is 10.8 Å². The molecular formula is C4H8ClNO4. The van der Waals surface area contributed by atoms with Crippen LogP contribution in [0.5, 0.6) is 0 Å². The van der Waals surface area contributed by atoms with Crippen LogP contribution in [0.2, 0.25) is 0 Å². The van der Waals surface area contributed by atoms with E-state index in [0.29, 0.717) is 0 Å². The molecule has 1 atom stereocenters. The van der Waals surface area contributed by atoms with E-state index in [0.717, 1.165) is 7.11 Å². The largest absolute Gasteiger partial charge is 0.480 e. The zero-order chi connectivity index (χ0) is 7.44. The summed E-state index contributed by atoms with van der Waals surface area (Å²) in [5.41, 5.74) is 4.80. The normalized spacial score (nSPS) is 11.0. The number of carboxylic acids is 1. The number of methoxy groups -OCH3 is 1. The molecule has 0 spiro atoms. The summed E-state index contributed by atoms with van der Waals surface area (Å²) in [5, 5.41) is 8.06. The molecule has 6 heteroatoms. The second kappa shape index (κ2) is 5.01. The van der Waals surface area contributed by atoms with Gasteiger partial charge in [0, 0.05) is 0 Å². The van der Waals surface area contributed by atoms with Crippen LogP contribution in [0, 0.1) is 0 Å². The van der Waals surface area contributed by atoms with Gasteiger partial charge in [0.15, 0.2) is 0 Å². The van der Waals surface area contributed by atoms with Crippen molar-refractivity contribution in [2.24, 2.45) is 5.73 Å². The van der Waals surface area contributed by atoms with Crippen molar-refractivity contribution in [2.45, 2.75) is 6.04 Å². The Bertz CT molecular complexity index is 137. The average Bonchev–Trinajstić information content (AvgIpc) is 1.84. The van der Waals surface area contributed by atoms with E-state index in [-0.39, 0.29) is 12.4 Å². The molecule has 0 rings (SSSR count). The molecule has 5 nitrogen and oxygen atoms in total. The Labute approximate surface area is 63.6 Å². The topological polar surface area (TPSA) is 89.6 Å². The summed E-state index contributed by atoms with van der Waals surface area (Å²) >= 11 is 0. The molecule has 0 aliphatic rings. The maximum absolute atomic E-state index is 10.2. The lowest BCUT2D eigenvalue weighted by Crippen LogP contribution is -2.39. The second-order valence-electron chi connectivity index (χ2n) is 1.34. The number of aliphatic carboxylic acids is 1. The minimum absolute atomic E-state index is 0. The van der Waals surface area contributed by atoms with Gasteiger partial charge in [-0.15, -0.1) is 12.4 Å². The molecule has 0 fully saturated rings. The van der Waals surface area contributed by atoms with Crippen molar-refractivity contribution in [3.8, 4) is 0 Å². The number of halogens is 1. The van der Waals surface area contributed by atoms with Gasteiger partial charge in [-0.3, -0.25) is 0 Å². The maximum atomic E-state index is 10.2. The maximum Gasteiger partial charge on any atom is 0.334 e. The van der Waals surface area contributed by atoms with Crippen molar-refractivity contribution in [1.29, 1.82) is 0 Å². The minimum Gasteiger partial charge on any atom is -0.480 e. The Morgan fingerprint density at radius 3 is 2.10 bits per heavy atom. The van der Waals surface area contributed by atoms with Gasteiger partial charge in [0.1, 0.15) is 0 Å². The molecule has 10 heavy (non-hydrogen) atoms. The third-order valence-corrected chi connectivity index (χ3v) is 0.721. The van der Waals surface area contributed by atoms with Crippen LogP contribution in [-0.2, 0) is 14.3 Å². The Morgan fingerprint density at radius 2 is 2.00 bits per heavy atom. The van der Waals surface area contributed by atoms with Crippen molar-refractivity contribution in [1.82, 2.24) is 0 Å². The summed E-state index contributed by atoms with van der Waals surface area (Å²) in [6.45, 7) is 0. The highest BCUT2D eigenvalue weighted by Gasteiger charge is 2.20. The lowest BCUT2D eigenvalue weighted by molar-refractivity contribution is -0.151. The monoisotopic (exact) mass is 169 g/mol. The smallest absolute Gasteiger partial charge is 0.334 e. The van der Waals surface area contributed by atoms with Gasteiger partial charge in [-0.2, -0.15) is 0 Å². The number of carboxylic acid groups (broad SMARTS) is 1. The van der Waals surface area contributed by atoms with Crippen molar-refractivity contribution in [3.05, 3.63) is 0 Å². The van der Waals surface area contributed by atoms with E-state index < -0.39 is 18.0 Å². The minimum atomic E-state index is -1.56. The SMILES string of the molecule is COC(=O)C(N)C(=O)O.Cl. The first-order valence-electron chi connectivity index (χ1n) is 2.15. The van der Waals surface area contributed by atoms with E-state index in [1.165, 1.54) is 0 Å². The molecule has 0 saturated carbocycles. The Morgan fingerprint density at radius 1 is 1.60 bits per heavy atom. The lowest BCUT2D eigenvalue weighted by Gasteiger charge is -2.00. The second-order valence-corrected chi connectivity index (χ2v) is 1.34. The van der Waals surface area contributed by atoms with E-state index >= 15 is 0 Å². The lowest BCUT2D eigenvalue weighted by atomic mass is 10.3. The molecule has 0 aliphatic carbocycles. The van der Waals surface area contributed by atoms with Crippen LogP contribution in [0.3, 0.4) is 0 Å². The number of hydrogen-bond donors (Lipinski definition) is 2.